The molecule has 4 rings (SSSR count). The Morgan fingerprint density at radius 2 is 1.90 bits per heavy atom. The molecule has 0 aliphatic carbocycles. The average Bonchev–Trinajstić information content (AvgIpc) is 2.79. The Bertz CT molecular complexity index is 1100. The van der Waals surface area contributed by atoms with Gasteiger partial charge in [0.15, 0.2) is 5.82 Å². The summed E-state index contributed by atoms with van der Waals surface area (Å²) in [6.07, 6.45) is 3.52. The summed E-state index contributed by atoms with van der Waals surface area (Å²) in [6.45, 7) is 2.98. The van der Waals surface area contributed by atoms with Gasteiger partial charge in [0, 0.05) is 59.3 Å². The monoisotopic (exact) mass is 407 g/mol. The number of carbonyl (C=O) groups excluding carboxylic acids is 1. The molecule has 0 saturated carbocycles. The van der Waals surface area contributed by atoms with E-state index in [0.717, 1.165) is 11.5 Å². The quantitative estimate of drug-likeness (QED) is 0.623. The van der Waals surface area contributed by atoms with Crippen LogP contribution < -0.4 is 15.4 Å². The maximum Gasteiger partial charge on any atom is 0.261 e. The molecule has 1 fully saturated rings. The third kappa shape index (κ3) is 4.10. The predicted octanol–water partition coefficient (Wildman–Crippen LogP) is 0.991. The van der Waals surface area contributed by atoms with Crippen molar-refractivity contribution >= 4 is 28.3 Å². The number of carbonyl (C=O) groups is 1. The van der Waals surface area contributed by atoms with Gasteiger partial charge in [-0.15, -0.1) is 5.10 Å². The summed E-state index contributed by atoms with van der Waals surface area (Å²) in [5.74, 6) is 0.866. The first-order valence-corrected chi connectivity index (χ1v) is 10.00. The van der Waals surface area contributed by atoms with Crippen LogP contribution in [0.25, 0.3) is 10.9 Å². The van der Waals surface area contributed by atoms with Crippen LogP contribution in [0, 0.1) is 0 Å². The first-order valence-electron chi connectivity index (χ1n) is 10.00. The highest BCUT2D eigenvalue weighted by Crippen LogP contribution is 2.18. The van der Waals surface area contributed by atoms with Crippen LogP contribution in [0.5, 0.6) is 0 Å². The number of aryl methyl sites for hydroxylation is 1. The molecule has 1 aromatic carbocycles. The van der Waals surface area contributed by atoms with Gasteiger partial charge >= 0.3 is 0 Å². The maximum atomic E-state index is 12.7. The van der Waals surface area contributed by atoms with Gasteiger partial charge in [0.05, 0.1) is 29.1 Å². The zero-order valence-electron chi connectivity index (χ0n) is 17.2. The number of anilines is 2. The first-order chi connectivity index (χ1) is 14.5. The standard InChI is InChI=1S/C21H25N7O2/c1-25(2)16-13-19(24-23-14-16)26-9-11-27(12-10-26)20(29)7-8-28-15-22-18-6-4-3-5-17(18)21(28)30/h3-6,13-15H,7-12H2,1-2H3. The third-order valence-corrected chi connectivity index (χ3v) is 5.40. The number of piperazine rings is 1. The van der Waals surface area contributed by atoms with E-state index < -0.39 is 0 Å². The number of hydrogen-bond acceptors (Lipinski definition) is 7. The summed E-state index contributed by atoms with van der Waals surface area (Å²) in [4.78, 5) is 35.5. The molecule has 1 saturated heterocycles. The zero-order valence-corrected chi connectivity index (χ0v) is 17.2. The van der Waals surface area contributed by atoms with Gasteiger partial charge in [0.25, 0.3) is 5.56 Å². The summed E-state index contributed by atoms with van der Waals surface area (Å²) >= 11 is 0. The molecule has 9 nitrogen and oxygen atoms in total. The van der Waals surface area contributed by atoms with Gasteiger partial charge in [0.1, 0.15) is 0 Å². The molecule has 3 heterocycles. The topological polar surface area (TPSA) is 87.5 Å². The Balaban J connectivity index is 1.34. The Labute approximate surface area is 174 Å². The summed E-state index contributed by atoms with van der Waals surface area (Å²) in [7, 11) is 3.93. The Morgan fingerprint density at radius 1 is 1.13 bits per heavy atom. The van der Waals surface area contributed by atoms with Gasteiger partial charge < -0.3 is 14.7 Å². The molecule has 0 radical (unpaired) electrons. The SMILES string of the molecule is CN(C)c1cnnc(N2CCN(C(=O)CCn3cnc4ccccc4c3=O)CC2)c1. The number of nitrogens with zero attached hydrogens (tertiary/aromatic N) is 7. The Morgan fingerprint density at radius 3 is 2.67 bits per heavy atom. The lowest BCUT2D eigenvalue weighted by atomic mass is 10.2. The van der Waals surface area contributed by atoms with Crippen LogP contribution >= 0.6 is 0 Å². The molecule has 2 aromatic heterocycles. The van der Waals surface area contributed by atoms with Crippen LogP contribution in [-0.2, 0) is 11.3 Å². The van der Waals surface area contributed by atoms with Gasteiger partial charge in [-0.2, -0.15) is 5.10 Å². The number of rotatable bonds is 5. The second-order valence-electron chi connectivity index (χ2n) is 7.54. The minimum Gasteiger partial charge on any atom is -0.376 e. The number of fused-ring (bicyclic) bond motifs is 1. The lowest BCUT2D eigenvalue weighted by Crippen LogP contribution is -2.49. The molecule has 0 N–H and O–H groups in total. The summed E-state index contributed by atoms with van der Waals surface area (Å²) in [6, 6.07) is 9.24. The van der Waals surface area contributed by atoms with Gasteiger partial charge in [-0.1, -0.05) is 12.1 Å². The summed E-state index contributed by atoms with van der Waals surface area (Å²) < 4.78 is 1.51. The maximum absolute atomic E-state index is 12.7. The van der Waals surface area contributed by atoms with Crippen molar-refractivity contribution in [1.82, 2.24) is 24.6 Å². The van der Waals surface area contributed by atoms with Crippen molar-refractivity contribution in [2.45, 2.75) is 13.0 Å². The molecular formula is C21H25N7O2. The van der Waals surface area contributed by atoms with E-state index in [0.29, 0.717) is 43.6 Å². The third-order valence-electron chi connectivity index (χ3n) is 5.40. The fourth-order valence-electron chi connectivity index (χ4n) is 3.57. The first kappa shape index (κ1) is 19.8. The smallest absolute Gasteiger partial charge is 0.261 e. The Hall–Kier alpha value is -3.49. The number of amides is 1. The normalized spacial score (nSPS) is 14.2. The van der Waals surface area contributed by atoms with Crippen LogP contribution in [0.15, 0.2) is 47.7 Å². The summed E-state index contributed by atoms with van der Waals surface area (Å²) in [5.41, 5.74) is 1.55. The molecule has 0 spiro atoms. The highest BCUT2D eigenvalue weighted by Gasteiger charge is 2.22. The van der Waals surface area contributed by atoms with Crippen LogP contribution in [0.1, 0.15) is 6.42 Å². The summed E-state index contributed by atoms with van der Waals surface area (Å²) in [5, 5.41) is 8.87. The van der Waals surface area contributed by atoms with E-state index in [2.05, 4.69) is 20.1 Å². The van der Waals surface area contributed by atoms with Crippen molar-refractivity contribution in [3.63, 3.8) is 0 Å². The average molecular weight is 407 g/mol. The molecule has 3 aromatic rings. The molecule has 1 aliphatic heterocycles. The number of aromatic nitrogens is 4. The predicted molar refractivity (Wildman–Crippen MR) is 116 cm³/mol. The van der Waals surface area contributed by atoms with Gasteiger partial charge in [-0.05, 0) is 12.1 Å². The molecule has 1 aliphatic rings. The number of benzene rings is 1. The van der Waals surface area contributed by atoms with E-state index in [4.69, 9.17) is 0 Å². The fourth-order valence-corrected chi connectivity index (χ4v) is 3.57. The van der Waals surface area contributed by atoms with E-state index in [1.54, 1.807) is 12.3 Å². The second-order valence-corrected chi connectivity index (χ2v) is 7.54. The van der Waals surface area contributed by atoms with E-state index in [9.17, 15) is 9.59 Å². The molecule has 1 amide bonds. The van der Waals surface area contributed by atoms with Crippen LogP contribution in [0.4, 0.5) is 11.5 Å². The molecule has 30 heavy (non-hydrogen) atoms. The van der Waals surface area contributed by atoms with E-state index in [1.807, 2.05) is 48.2 Å². The van der Waals surface area contributed by atoms with Crippen LogP contribution in [-0.4, -0.2) is 70.8 Å². The lowest BCUT2D eigenvalue weighted by molar-refractivity contribution is -0.131. The van der Waals surface area contributed by atoms with E-state index in [-0.39, 0.29) is 17.9 Å². The molecule has 0 atom stereocenters. The largest absolute Gasteiger partial charge is 0.376 e. The zero-order chi connectivity index (χ0) is 21.1. The number of para-hydroxylation sites is 1. The Kier molecular flexibility index (Phi) is 5.60. The van der Waals surface area contributed by atoms with Gasteiger partial charge in [-0.25, -0.2) is 4.98 Å². The van der Waals surface area contributed by atoms with Crippen molar-refractivity contribution in [2.24, 2.45) is 0 Å². The van der Waals surface area contributed by atoms with E-state index >= 15 is 0 Å². The molecular weight excluding hydrogens is 382 g/mol. The number of hydrogen-bond donors (Lipinski definition) is 0. The lowest BCUT2D eigenvalue weighted by Gasteiger charge is -2.35. The van der Waals surface area contributed by atoms with Crippen molar-refractivity contribution < 1.29 is 4.79 Å². The molecule has 9 heteroatoms. The van der Waals surface area contributed by atoms with E-state index in [1.165, 1.54) is 10.9 Å². The van der Waals surface area contributed by atoms with Gasteiger partial charge in [0.2, 0.25) is 5.91 Å². The van der Waals surface area contributed by atoms with Crippen molar-refractivity contribution in [3.8, 4) is 0 Å². The molecule has 0 unspecified atom stereocenters. The van der Waals surface area contributed by atoms with Crippen molar-refractivity contribution in [3.05, 3.63) is 53.2 Å². The van der Waals surface area contributed by atoms with Crippen LogP contribution in [0.3, 0.4) is 0 Å². The van der Waals surface area contributed by atoms with Crippen molar-refractivity contribution in [2.75, 3.05) is 50.1 Å². The fraction of sp³-hybridized carbons (Fsp3) is 0.381. The minimum absolute atomic E-state index is 0.0443. The minimum atomic E-state index is -0.113. The molecule has 0 bridgehead atoms. The highest BCUT2D eigenvalue weighted by atomic mass is 16.2. The highest BCUT2D eigenvalue weighted by molar-refractivity contribution is 5.78. The van der Waals surface area contributed by atoms with Crippen LogP contribution in [0.2, 0.25) is 0 Å². The molecule has 156 valence electrons. The van der Waals surface area contributed by atoms with Crippen molar-refractivity contribution in [1.29, 1.82) is 0 Å². The second kappa shape index (κ2) is 8.48. The van der Waals surface area contributed by atoms with Gasteiger partial charge in [-0.3, -0.25) is 14.2 Å².